The van der Waals surface area contributed by atoms with Crippen molar-refractivity contribution in [2.75, 3.05) is 0 Å². The summed E-state index contributed by atoms with van der Waals surface area (Å²) in [6.45, 7) is 4.95. The van der Waals surface area contributed by atoms with Gasteiger partial charge in [0.2, 0.25) is 0 Å². The Hall–Kier alpha value is -1.11. The van der Waals surface area contributed by atoms with Gasteiger partial charge in [0.25, 0.3) is 0 Å². The molecule has 0 N–H and O–H groups in total. The fourth-order valence-corrected chi connectivity index (χ4v) is 4.61. The molecule has 0 unspecified atom stereocenters. The lowest BCUT2D eigenvalue weighted by atomic mass is 9.64. The van der Waals surface area contributed by atoms with Crippen LogP contribution in [-0.2, 0) is 6.42 Å². The summed E-state index contributed by atoms with van der Waals surface area (Å²) in [7, 11) is 0. The molecule has 17 heavy (non-hydrogen) atoms. The summed E-state index contributed by atoms with van der Waals surface area (Å²) in [6.07, 6.45) is 5.25. The molecule has 0 saturated heterocycles. The van der Waals surface area contributed by atoms with E-state index in [0.29, 0.717) is 10.8 Å². The number of aliphatic imine (C=N–C) groups is 1. The molecule has 1 heteroatoms. The van der Waals surface area contributed by atoms with Crippen molar-refractivity contribution in [1.82, 2.24) is 0 Å². The maximum atomic E-state index is 4.99. The van der Waals surface area contributed by atoms with Gasteiger partial charge in [-0.1, -0.05) is 32.0 Å². The van der Waals surface area contributed by atoms with Gasteiger partial charge in [-0.2, -0.15) is 0 Å². The number of benzene rings is 1. The van der Waals surface area contributed by atoms with Gasteiger partial charge in [-0.3, -0.25) is 4.99 Å². The zero-order valence-electron chi connectivity index (χ0n) is 10.7. The third-order valence-electron chi connectivity index (χ3n) is 5.91. The first-order valence-electron chi connectivity index (χ1n) is 6.79. The molecule has 0 radical (unpaired) electrons. The zero-order valence-corrected chi connectivity index (χ0v) is 10.7. The van der Waals surface area contributed by atoms with Crippen molar-refractivity contribution in [3.05, 3.63) is 29.8 Å². The molecule has 1 nitrogen and oxygen atoms in total. The molecule has 2 bridgehead atoms. The highest BCUT2D eigenvalue weighted by Gasteiger charge is 2.63. The van der Waals surface area contributed by atoms with E-state index in [1.165, 1.54) is 42.6 Å². The van der Waals surface area contributed by atoms with Crippen LogP contribution in [0.3, 0.4) is 0 Å². The van der Waals surface area contributed by atoms with Gasteiger partial charge in [-0.05, 0) is 48.6 Å². The smallest absolute Gasteiger partial charge is 0.0661 e. The van der Waals surface area contributed by atoms with Crippen LogP contribution in [0, 0.1) is 16.7 Å². The van der Waals surface area contributed by atoms with E-state index in [-0.39, 0.29) is 0 Å². The quantitative estimate of drug-likeness (QED) is 0.629. The highest BCUT2D eigenvalue weighted by atomic mass is 14.9. The Labute approximate surface area is 103 Å². The summed E-state index contributed by atoms with van der Waals surface area (Å²) in [5, 5.41) is 0. The number of hydrogen-bond donors (Lipinski definition) is 0. The fraction of sp³-hybridized carbons (Fsp3) is 0.562. The lowest BCUT2D eigenvalue weighted by Gasteiger charge is -2.41. The monoisotopic (exact) mass is 225 g/mol. The Bertz CT molecular complexity index is 526. The minimum atomic E-state index is 0.395. The second-order valence-electron chi connectivity index (χ2n) is 6.61. The Balaban J connectivity index is 1.93. The van der Waals surface area contributed by atoms with E-state index in [1.807, 2.05) is 0 Å². The number of hydrogen-bond acceptors (Lipinski definition) is 1. The van der Waals surface area contributed by atoms with Crippen molar-refractivity contribution in [2.24, 2.45) is 21.7 Å². The molecular weight excluding hydrogens is 206 g/mol. The predicted molar refractivity (Wildman–Crippen MR) is 70.8 cm³/mol. The summed E-state index contributed by atoms with van der Waals surface area (Å²) in [4.78, 5) is 4.99. The van der Waals surface area contributed by atoms with Crippen LogP contribution in [0.25, 0.3) is 0 Å². The summed E-state index contributed by atoms with van der Waals surface area (Å²) < 4.78 is 0. The third kappa shape index (κ3) is 0.994. The standard InChI is InChI=1S/C16H19N/c1-15(2)12-7-8-16(15)10-11-5-3-4-6-13(11)17-14(16)9-12/h3-6,12H,7-10H2,1-2H3/t12-,16-/m1/s1. The molecular formula is C16H19N. The largest absolute Gasteiger partial charge is 0.257 e. The molecule has 1 spiro atoms. The first kappa shape index (κ1) is 9.87. The molecule has 3 aliphatic rings. The number of nitrogens with zero attached hydrogens (tertiary/aromatic N) is 1. The molecule has 1 aliphatic heterocycles. The Morgan fingerprint density at radius 2 is 2.06 bits per heavy atom. The molecule has 1 aromatic rings. The van der Waals surface area contributed by atoms with E-state index in [0.717, 1.165) is 5.92 Å². The Morgan fingerprint density at radius 1 is 1.24 bits per heavy atom. The van der Waals surface area contributed by atoms with Crippen molar-refractivity contribution in [2.45, 2.75) is 39.5 Å². The van der Waals surface area contributed by atoms with Crippen LogP contribution >= 0.6 is 0 Å². The summed E-state index contributed by atoms with van der Waals surface area (Å²) in [6, 6.07) is 8.71. The Morgan fingerprint density at radius 3 is 2.88 bits per heavy atom. The summed E-state index contributed by atoms with van der Waals surface area (Å²) in [5.41, 5.74) is 5.06. The van der Waals surface area contributed by atoms with Crippen LogP contribution in [-0.4, -0.2) is 5.71 Å². The fourth-order valence-electron chi connectivity index (χ4n) is 4.61. The van der Waals surface area contributed by atoms with Crippen molar-refractivity contribution in [1.29, 1.82) is 0 Å². The van der Waals surface area contributed by atoms with Crippen molar-refractivity contribution in [3.63, 3.8) is 0 Å². The minimum Gasteiger partial charge on any atom is -0.257 e. The van der Waals surface area contributed by atoms with Crippen LogP contribution in [0.15, 0.2) is 29.3 Å². The first-order valence-corrected chi connectivity index (χ1v) is 6.79. The van der Waals surface area contributed by atoms with E-state index in [4.69, 9.17) is 4.99 Å². The molecule has 1 heterocycles. The molecule has 2 aliphatic carbocycles. The topological polar surface area (TPSA) is 12.4 Å². The highest BCUT2D eigenvalue weighted by Crippen LogP contribution is 2.67. The van der Waals surface area contributed by atoms with Crippen LogP contribution in [0.5, 0.6) is 0 Å². The Kier molecular flexibility index (Phi) is 1.64. The zero-order chi connectivity index (χ0) is 11.7. The maximum absolute atomic E-state index is 4.99. The number of para-hydroxylation sites is 1. The predicted octanol–water partition coefficient (Wildman–Crippen LogP) is 4.14. The van der Waals surface area contributed by atoms with E-state index >= 15 is 0 Å². The SMILES string of the molecule is CC1(C)[C@@H]2CC[C@]13Cc1ccccc1N=C3C2. The van der Waals surface area contributed by atoms with Crippen LogP contribution in [0.2, 0.25) is 0 Å². The van der Waals surface area contributed by atoms with Gasteiger partial charge in [0, 0.05) is 11.1 Å². The molecule has 0 amide bonds. The third-order valence-corrected chi connectivity index (χ3v) is 5.91. The van der Waals surface area contributed by atoms with E-state index in [1.54, 1.807) is 0 Å². The van der Waals surface area contributed by atoms with Gasteiger partial charge >= 0.3 is 0 Å². The average molecular weight is 225 g/mol. The second kappa shape index (κ2) is 2.82. The molecule has 2 atom stereocenters. The number of fused-ring (bicyclic) bond motifs is 2. The van der Waals surface area contributed by atoms with Crippen LogP contribution in [0.4, 0.5) is 5.69 Å². The maximum Gasteiger partial charge on any atom is 0.0661 e. The van der Waals surface area contributed by atoms with Gasteiger partial charge in [0.1, 0.15) is 0 Å². The molecule has 2 fully saturated rings. The molecule has 4 rings (SSSR count). The van der Waals surface area contributed by atoms with Crippen molar-refractivity contribution < 1.29 is 0 Å². The van der Waals surface area contributed by atoms with Gasteiger partial charge in [-0.15, -0.1) is 0 Å². The molecule has 1 aromatic carbocycles. The number of rotatable bonds is 0. The van der Waals surface area contributed by atoms with Gasteiger partial charge in [0.15, 0.2) is 0 Å². The first-order chi connectivity index (χ1) is 8.13. The van der Waals surface area contributed by atoms with Gasteiger partial charge < -0.3 is 0 Å². The lowest BCUT2D eigenvalue weighted by Crippen LogP contribution is -2.39. The normalized spacial score (nSPS) is 36.4. The van der Waals surface area contributed by atoms with E-state index in [9.17, 15) is 0 Å². The van der Waals surface area contributed by atoms with Crippen molar-refractivity contribution in [3.8, 4) is 0 Å². The molecule has 0 aromatic heterocycles. The lowest BCUT2D eigenvalue weighted by molar-refractivity contribution is 0.174. The van der Waals surface area contributed by atoms with Crippen LogP contribution < -0.4 is 0 Å². The van der Waals surface area contributed by atoms with Gasteiger partial charge in [0.05, 0.1) is 5.69 Å². The van der Waals surface area contributed by atoms with Gasteiger partial charge in [-0.25, -0.2) is 0 Å². The summed E-state index contributed by atoms with van der Waals surface area (Å²) in [5.74, 6) is 0.871. The average Bonchev–Trinajstić information content (AvgIpc) is 2.68. The molecule has 88 valence electrons. The second-order valence-corrected chi connectivity index (χ2v) is 6.61. The van der Waals surface area contributed by atoms with E-state index < -0.39 is 0 Å². The summed E-state index contributed by atoms with van der Waals surface area (Å²) >= 11 is 0. The van der Waals surface area contributed by atoms with E-state index in [2.05, 4.69) is 38.1 Å². The molecule has 2 saturated carbocycles. The highest BCUT2D eigenvalue weighted by molar-refractivity contribution is 5.98. The van der Waals surface area contributed by atoms with Crippen LogP contribution in [0.1, 0.15) is 38.7 Å². The minimum absolute atomic E-state index is 0.395. The van der Waals surface area contributed by atoms with Crippen molar-refractivity contribution >= 4 is 11.4 Å².